The summed E-state index contributed by atoms with van der Waals surface area (Å²) in [6.45, 7) is 2.57. The molecule has 3 N–H and O–H groups in total. The smallest absolute Gasteiger partial charge is 0.321 e. The maximum absolute atomic E-state index is 11.9. The summed E-state index contributed by atoms with van der Waals surface area (Å²) >= 11 is 1.46. The Labute approximate surface area is 133 Å². The maximum atomic E-state index is 11.9. The molecule has 0 spiro atoms. The van der Waals surface area contributed by atoms with Gasteiger partial charge in [-0.2, -0.15) is 0 Å². The quantitative estimate of drug-likeness (QED) is 0.793. The molecule has 1 aromatic heterocycles. The molecule has 3 rings (SSSR count). The Balaban J connectivity index is 1.62. The largest absolute Gasteiger partial charge is 0.396 e. The van der Waals surface area contributed by atoms with Crippen LogP contribution >= 0.6 is 11.3 Å². The number of anilines is 1. The van der Waals surface area contributed by atoms with Gasteiger partial charge < -0.3 is 10.4 Å². The number of aryl methyl sites for hydroxylation is 1. The number of nitrogens with zero attached hydrogens (tertiary/aromatic N) is 1. The van der Waals surface area contributed by atoms with Gasteiger partial charge in [-0.1, -0.05) is 41.7 Å². The van der Waals surface area contributed by atoms with Crippen molar-refractivity contribution >= 4 is 22.5 Å². The van der Waals surface area contributed by atoms with E-state index in [4.69, 9.17) is 0 Å². The number of amides is 2. The zero-order valence-electron chi connectivity index (χ0n) is 12.4. The molecule has 0 atom stereocenters. The second-order valence-corrected chi connectivity index (χ2v) is 6.76. The van der Waals surface area contributed by atoms with Gasteiger partial charge in [0, 0.05) is 12.0 Å². The summed E-state index contributed by atoms with van der Waals surface area (Å²) in [5.74, 6) is 0. The Morgan fingerprint density at radius 2 is 2.09 bits per heavy atom. The Morgan fingerprint density at radius 3 is 2.73 bits per heavy atom. The van der Waals surface area contributed by atoms with Crippen molar-refractivity contribution in [2.45, 2.75) is 19.8 Å². The molecule has 5 nitrogen and oxygen atoms in total. The van der Waals surface area contributed by atoms with E-state index in [-0.39, 0.29) is 18.1 Å². The first-order valence-corrected chi connectivity index (χ1v) is 8.12. The van der Waals surface area contributed by atoms with E-state index in [1.54, 1.807) is 0 Å². The van der Waals surface area contributed by atoms with Crippen LogP contribution in [0.4, 0.5) is 9.93 Å². The van der Waals surface area contributed by atoms with E-state index < -0.39 is 0 Å². The number of thiazole rings is 1. The van der Waals surface area contributed by atoms with E-state index in [2.05, 4.69) is 15.6 Å². The summed E-state index contributed by atoms with van der Waals surface area (Å²) < 4.78 is 0. The SMILES string of the molecule is Cc1nc(NC(=O)NCC2(CO)CC2)sc1-c1ccccc1. The molecule has 1 saturated carbocycles. The van der Waals surface area contributed by atoms with Crippen molar-refractivity contribution in [2.75, 3.05) is 18.5 Å². The Hall–Kier alpha value is -1.92. The van der Waals surface area contributed by atoms with Crippen molar-refractivity contribution < 1.29 is 9.90 Å². The first-order chi connectivity index (χ1) is 10.6. The van der Waals surface area contributed by atoms with Crippen LogP contribution in [-0.4, -0.2) is 29.3 Å². The fourth-order valence-electron chi connectivity index (χ4n) is 2.28. The third-order valence-corrected chi connectivity index (χ3v) is 5.09. The molecule has 6 heteroatoms. The Kier molecular flexibility index (Phi) is 4.13. The van der Waals surface area contributed by atoms with Gasteiger partial charge in [-0.3, -0.25) is 5.32 Å². The molecular weight excluding hydrogens is 298 g/mol. The predicted molar refractivity (Wildman–Crippen MR) is 88.1 cm³/mol. The highest BCUT2D eigenvalue weighted by Crippen LogP contribution is 2.44. The van der Waals surface area contributed by atoms with Gasteiger partial charge in [0.1, 0.15) is 0 Å². The topological polar surface area (TPSA) is 74.2 Å². The average Bonchev–Trinajstić information content (AvgIpc) is 3.23. The van der Waals surface area contributed by atoms with E-state index in [9.17, 15) is 9.90 Å². The number of benzene rings is 1. The number of nitrogens with one attached hydrogen (secondary N) is 2. The van der Waals surface area contributed by atoms with Crippen molar-refractivity contribution in [3.8, 4) is 10.4 Å². The lowest BCUT2D eigenvalue weighted by Crippen LogP contribution is -2.35. The summed E-state index contributed by atoms with van der Waals surface area (Å²) in [5.41, 5.74) is 1.91. The predicted octanol–water partition coefficient (Wildman–Crippen LogP) is 3.01. The molecule has 1 aliphatic rings. The lowest BCUT2D eigenvalue weighted by atomic mass is 10.1. The number of carbonyl (C=O) groups excluding carboxylic acids is 1. The lowest BCUT2D eigenvalue weighted by molar-refractivity contribution is 0.206. The van der Waals surface area contributed by atoms with Gasteiger partial charge in [-0.25, -0.2) is 9.78 Å². The van der Waals surface area contributed by atoms with Crippen LogP contribution in [-0.2, 0) is 0 Å². The van der Waals surface area contributed by atoms with Gasteiger partial charge >= 0.3 is 6.03 Å². The molecule has 1 fully saturated rings. The number of aliphatic hydroxyl groups excluding tert-OH is 1. The van der Waals surface area contributed by atoms with E-state index in [0.29, 0.717) is 11.7 Å². The number of hydrogen-bond acceptors (Lipinski definition) is 4. The molecule has 1 heterocycles. The molecule has 0 unspecified atom stereocenters. The van der Waals surface area contributed by atoms with Crippen LogP contribution in [0.25, 0.3) is 10.4 Å². The molecule has 0 saturated heterocycles. The van der Waals surface area contributed by atoms with Crippen LogP contribution in [0.15, 0.2) is 30.3 Å². The Bertz CT molecular complexity index is 665. The van der Waals surface area contributed by atoms with E-state index >= 15 is 0 Å². The fraction of sp³-hybridized carbons (Fsp3) is 0.375. The van der Waals surface area contributed by atoms with Crippen LogP contribution in [0.3, 0.4) is 0 Å². The van der Waals surface area contributed by atoms with Crippen molar-refractivity contribution in [3.63, 3.8) is 0 Å². The second kappa shape index (κ2) is 6.06. The van der Waals surface area contributed by atoms with E-state index in [1.807, 2.05) is 37.3 Å². The van der Waals surface area contributed by atoms with Crippen molar-refractivity contribution in [3.05, 3.63) is 36.0 Å². The van der Waals surface area contributed by atoms with Crippen LogP contribution in [0, 0.1) is 12.3 Å². The number of aliphatic hydroxyl groups is 1. The molecule has 0 aliphatic heterocycles. The number of aromatic nitrogens is 1. The standard InChI is InChI=1S/C16H19N3O2S/c1-11-13(12-5-3-2-4-6-12)22-15(18-11)19-14(21)17-9-16(10-20)7-8-16/h2-6,20H,7-10H2,1H3,(H2,17,18,19,21). The zero-order chi connectivity index (χ0) is 15.6. The van der Waals surface area contributed by atoms with Gasteiger partial charge in [0.05, 0.1) is 17.2 Å². The van der Waals surface area contributed by atoms with Gasteiger partial charge in [0.2, 0.25) is 0 Å². The maximum Gasteiger partial charge on any atom is 0.321 e. The number of carbonyl (C=O) groups is 1. The molecular formula is C16H19N3O2S. The first-order valence-electron chi connectivity index (χ1n) is 7.30. The van der Waals surface area contributed by atoms with E-state index in [1.165, 1.54) is 11.3 Å². The highest BCUT2D eigenvalue weighted by molar-refractivity contribution is 7.19. The highest BCUT2D eigenvalue weighted by Gasteiger charge is 2.42. The Morgan fingerprint density at radius 1 is 1.36 bits per heavy atom. The summed E-state index contributed by atoms with van der Waals surface area (Å²) in [4.78, 5) is 17.4. The van der Waals surface area contributed by atoms with Crippen molar-refractivity contribution in [1.82, 2.24) is 10.3 Å². The van der Waals surface area contributed by atoms with Crippen LogP contribution in [0.5, 0.6) is 0 Å². The molecule has 2 amide bonds. The minimum absolute atomic E-state index is 0.0919. The minimum atomic E-state index is -0.270. The molecule has 0 bridgehead atoms. The first kappa shape index (κ1) is 15.0. The highest BCUT2D eigenvalue weighted by atomic mass is 32.1. The van der Waals surface area contributed by atoms with E-state index in [0.717, 1.165) is 29.0 Å². The number of rotatable bonds is 5. The molecule has 2 aromatic rings. The van der Waals surface area contributed by atoms with Crippen LogP contribution in [0.1, 0.15) is 18.5 Å². The minimum Gasteiger partial charge on any atom is -0.396 e. The van der Waals surface area contributed by atoms with Crippen molar-refractivity contribution in [1.29, 1.82) is 0 Å². The third-order valence-electron chi connectivity index (χ3n) is 3.97. The molecule has 1 aliphatic carbocycles. The third kappa shape index (κ3) is 3.28. The van der Waals surface area contributed by atoms with Crippen LogP contribution in [0.2, 0.25) is 0 Å². The second-order valence-electron chi connectivity index (χ2n) is 5.77. The molecule has 116 valence electrons. The molecule has 0 radical (unpaired) electrons. The van der Waals surface area contributed by atoms with Gasteiger partial charge in [0.15, 0.2) is 5.13 Å². The van der Waals surface area contributed by atoms with Gasteiger partial charge in [-0.15, -0.1) is 0 Å². The normalized spacial score (nSPS) is 15.4. The number of hydrogen-bond donors (Lipinski definition) is 3. The monoisotopic (exact) mass is 317 g/mol. The molecule has 22 heavy (non-hydrogen) atoms. The zero-order valence-corrected chi connectivity index (χ0v) is 13.2. The molecule has 1 aromatic carbocycles. The summed E-state index contributed by atoms with van der Waals surface area (Å²) in [6.07, 6.45) is 1.94. The van der Waals surface area contributed by atoms with Crippen molar-refractivity contribution in [2.24, 2.45) is 5.41 Å². The average molecular weight is 317 g/mol. The van der Waals surface area contributed by atoms with Gasteiger partial charge in [-0.05, 0) is 25.3 Å². The lowest BCUT2D eigenvalue weighted by Gasteiger charge is -2.12. The summed E-state index contributed by atoms with van der Waals surface area (Å²) in [5, 5.41) is 15.4. The van der Waals surface area contributed by atoms with Crippen LogP contribution < -0.4 is 10.6 Å². The summed E-state index contributed by atoms with van der Waals surface area (Å²) in [7, 11) is 0. The fourth-order valence-corrected chi connectivity index (χ4v) is 3.25. The summed E-state index contributed by atoms with van der Waals surface area (Å²) in [6, 6.07) is 9.73. The van der Waals surface area contributed by atoms with Gasteiger partial charge in [0.25, 0.3) is 0 Å². The number of urea groups is 1.